The minimum atomic E-state index is -0.529. The van der Waals surface area contributed by atoms with Gasteiger partial charge in [-0.2, -0.15) is 4.98 Å². The van der Waals surface area contributed by atoms with Crippen molar-refractivity contribution in [3.63, 3.8) is 0 Å². The zero-order chi connectivity index (χ0) is 14.8. The minimum absolute atomic E-state index is 0.153. The molecule has 1 heterocycles. The van der Waals surface area contributed by atoms with Crippen molar-refractivity contribution in [2.24, 2.45) is 0 Å². The molecule has 0 radical (unpaired) electrons. The van der Waals surface area contributed by atoms with Crippen LogP contribution < -0.4 is 10.6 Å². The number of rotatable bonds is 2. The first kappa shape index (κ1) is 13.1. The number of para-hydroxylation sites is 2. The van der Waals surface area contributed by atoms with Gasteiger partial charge in [-0.05, 0) is 18.2 Å². The minimum Gasteiger partial charge on any atom is -0.310 e. The van der Waals surface area contributed by atoms with Crippen LogP contribution in [0.5, 0.6) is 0 Å². The maximum atomic E-state index is 12.6. The predicted molar refractivity (Wildman–Crippen MR) is 81.5 cm³/mol. The Morgan fingerprint density at radius 2 is 1.71 bits per heavy atom. The topological polar surface area (TPSA) is 66.1 Å². The van der Waals surface area contributed by atoms with E-state index in [4.69, 9.17) is 0 Å². The summed E-state index contributed by atoms with van der Waals surface area (Å²) < 4.78 is 0. The van der Waals surface area contributed by atoms with Crippen molar-refractivity contribution in [3.8, 4) is 0 Å². The molecule has 0 spiro atoms. The predicted octanol–water partition coefficient (Wildman–Crippen LogP) is 2.20. The Balaban J connectivity index is 2.12. The molecule has 3 aromatic rings. The van der Waals surface area contributed by atoms with Crippen molar-refractivity contribution in [1.29, 1.82) is 0 Å². The number of nitrogens with zero attached hydrogens (tertiary/aromatic N) is 2. The van der Waals surface area contributed by atoms with Gasteiger partial charge in [-0.3, -0.25) is 4.79 Å². The van der Waals surface area contributed by atoms with Crippen LogP contribution in [0.1, 0.15) is 10.5 Å². The second kappa shape index (κ2) is 5.20. The number of aromatic amines is 1. The molecule has 0 fully saturated rings. The summed E-state index contributed by atoms with van der Waals surface area (Å²) in [5.74, 6) is -0.316. The van der Waals surface area contributed by atoms with Crippen LogP contribution in [0.3, 0.4) is 0 Å². The number of benzene rings is 2. The van der Waals surface area contributed by atoms with Crippen molar-refractivity contribution >= 4 is 22.5 Å². The van der Waals surface area contributed by atoms with Crippen molar-refractivity contribution in [2.75, 3.05) is 11.9 Å². The van der Waals surface area contributed by atoms with Crippen LogP contribution in [0.15, 0.2) is 59.4 Å². The van der Waals surface area contributed by atoms with E-state index >= 15 is 0 Å². The molecule has 1 N–H and O–H groups in total. The first-order valence-corrected chi connectivity index (χ1v) is 6.49. The Bertz CT molecular complexity index is 856. The number of hydrogen-bond donors (Lipinski definition) is 1. The first-order chi connectivity index (χ1) is 10.2. The quantitative estimate of drug-likeness (QED) is 0.782. The number of carbonyl (C=O) groups is 1. The molecule has 1 aromatic heterocycles. The Morgan fingerprint density at radius 1 is 1.05 bits per heavy atom. The molecule has 0 saturated carbocycles. The van der Waals surface area contributed by atoms with E-state index in [2.05, 4.69) is 9.97 Å². The van der Waals surface area contributed by atoms with E-state index in [9.17, 15) is 9.59 Å². The van der Waals surface area contributed by atoms with Crippen LogP contribution in [0.2, 0.25) is 0 Å². The van der Waals surface area contributed by atoms with Gasteiger partial charge < -0.3 is 9.88 Å². The van der Waals surface area contributed by atoms with E-state index in [1.807, 2.05) is 36.4 Å². The highest BCUT2D eigenvalue weighted by Crippen LogP contribution is 2.18. The molecule has 0 aliphatic heterocycles. The van der Waals surface area contributed by atoms with Crippen molar-refractivity contribution in [1.82, 2.24) is 9.97 Å². The van der Waals surface area contributed by atoms with Gasteiger partial charge in [0.1, 0.15) is 5.69 Å². The zero-order valence-electron chi connectivity index (χ0n) is 11.4. The van der Waals surface area contributed by atoms with Crippen LogP contribution in [0, 0.1) is 0 Å². The standard InChI is InChI=1S/C16H13N3O2/c1-19(11-7-3-2-4-8-11)15(20)14-12-9-5-6-10-13(12)17-16(21)18-14/h2-10H,1H3,(H,17,18,21). The largest absolute Gasteiger partial charge is 0.346 e. The summed E-state index contributed by atoms with van der Waals surface area (Å²) in [6.07, 6.45) is 0. The molecule has 0 atom stereocenters. The number of fused-ring (bicyclic) bond motifs is 1. The van der Waals surface area contributed by atoms with E-state index in [-0.39, 0.29) is 11.6 Å². The molecule has 0 saturated heterocycles. The van der Waals surface area contributed by atoms with Gasteiger partial charge in [0, 0.05) is 18.1 Å². The maximum Gasteiger partial charge on any atom is 0.346 e. The number of H-pyrrole nitrogens is 1. The fourth-order valence-corrected chi connectivity index (χ4v) is 2.19. The van der Waals surface area contributed by atoms with Gasteiger partial charge in [0.25, 0.3) is 5.91 Å². The second-order valence-electron chi connectivity index (χ2n) is 4.64. The van der Waals surface area contributed by atoms with Gasteiger partial charge in [0.2, 0.25) is 0 Å². The van der Waals surface area contributed by atoms with Crippen molar-refractivity contribution in [2.45, 2.75) is 0 Å². The lowest BCUT2D eigenvalue weighted by atomic mass is 10.1. The highest BCUT2D eigenvalue weighted by atomic mass is 16.2. The Hall–Kier alpha value is -2.95. The van der Waals surface area contributed by atoms with Crippen LogP contribution in [-0.4, -0.2) is 22.9 Å². The Morgan fingerprint density at radius 3 is 2.48 bits per heavy atom. The summed E-state index contributed by atoms with van der Waals surface area (Å²) >= 11 is 0. The second-order valence-corrected chi connectivity index (χ2v) is 4.64. The van der Waals surface area contributed by atoms with Gasteiger partial charge in [-0.1, -0.05) is 36.4 Å². The maximum absolute atomic E-state index is 12.6. The lowest BCUT2D eigenvalue weighted by molar-refractivity contribution is 0.0989. The molecule has 0 aliphatic carbocycles. The molecular formula is C16H13N3O2. The number of aromatic nitrogens is 2. The fourth-order valence-electron chi connectivity index (χ4n) is 2.19. The van der Waals surface area contributed by atoms with Crippen LogP contribution in [-0.2, 0) is 0 Å². The molecular weight excluding hydrogens is 266 g/mol. The highest BCUT2D eigenvalue weighted by molar-refractivity contribution is 6.11. The van der Waals surface area contributed by atoms with Crippen LogP contribution >= 0.6 is 0 Å². The van der Waals surface area contributed by atoms with E-state index in [1.54, 1.807) is 25.2 Å². The van der Waals surface area contributed by atoms with Gasteiger partial charge >= 0.3 is 5.69 Å². The van der Waals surface area contributed by atoms with Crippen molar-refractivity contribution < 1.29 is 4.79 Å². The van der Waals surface area contributed by atoms with Crippen LogP contribution in [0.25, 0.3) is 10.9 Å². The molecule has 21 heavy (non-hydrogen) atoms. The molecule has 2 aromatic carbocycles. The van der Waals surface area contributed by atoms with Gasteiger partial charge in [-0.15, -0.1) is 0 Å². The van der Waals surface area contributed by atoms with E-state index < -0.39 is 5.69 Å². The summed E-state index contributed by atoms with van der Waals surface area (Å²) in [6, 6.07) is 16.4. The third-order valence-corrected chi connectivity index (χ3v) is 3.29. The summed E-state index contributed by atoms with van der Waals surface area (Å²) in [7, 11) is 1.66. The molecule has 0 bridgehead atoms. The lowest BCUT2D eigenvalue weighted by Crippen LogP contribution is -2.29. The Labute approximate surface area is 120 Å². The average Bonchev–Trinajstić information content (AvgIpc) is 2.53. The zero-order valence-corrected chi connectivity index (χ0v) is 11.4. The molecule has 104 valence electrons. The lowest BCUT2D eigenvalue weighted by Gasteiger charge is -2.17. The smallest absolute Gasteiger partial charge is 0.310 e. The third kappa shape index (κ3) is 2.41. The molecule has 5 heteroatoms. The molecule has 5 nitrogen and oxygen atoms in total. The summed E-state index contributed by atoms with van der Waals surface area (Å²) in [5.41, 5.74) is 0.968. The van der Waals surface area contributed by atoms with Gasteiger partial charge in [0.15, 0.2) is 0 Å². The summed E-state index contributed by atoms with van der Waals surface area (Å²) in [4.78, 5) is 32.2. The fraction of sp³-hybridized carbons (Fsp3) is 0.0625. The van der Waals surface area contributed by atoms with E-state index in [0.29, 0.717) is 10.9 Å². The van der Waals surface area contributed by atoms with Gasteiger partial charge in [-0.25, -0.2) is 4.79 Å². The van der Waals surface area contributed by atoms with E-state index in [0.717, 1.165) is 5.69 Å². The van der Waals surface area contributed by atoms with Crippen molar-refractivity contribution in [3.05, 3.63) is 70.8 Å². The molecule has 0 unspecified atom stereocenters. The summed E-state index contributed by atoms with van der Waals surface area (Å²) in [5, 5.41) is 0.630. The SMILES string of the molecule is CN(C(=O)c1nc(=O)[nH]c2ccccc12)c1ccccc1. The number of anilines is 1. The Kier molecular flexibility index (Phi) is 3.23. The number of amides is 1. The van der Waals surface area contributed by atoms with Gasteiger partial charge in [0.05, 0.1) is 5.52 Å². The molecule has 3 rings (SSSR count). The number of carbonyl (C=O) groups excluding carboxylic acids is 1. The van der Waals surface area contributed by atoms with E-state index in [1.165, 1.54) is 4.90 Å². The van der Waals surface area contributed by atoms with Crippen LogP contribution in [0.4, 0.5) is 5.69 Å². The molecule has 1 amide bonds. The number of hydrogen-bond acceptors (Lipinski definition) is 3. The molecule has 0 aliphatic rings. The average molecular weight is 279 g/mol. The summed E-state index contributed by atoms with van der Waals surface area (Å²) in [6.45, 7) is 0. The first-order valence-electron chi connectivity index (χ1n) is 6.49. The third-order valence-electron chi connectivity index (χ3n) is 3.29. The normalized spacial score (nSPS) is 10.5. The number of nitrogens with one attached hydrogen (secondary N) is 1. The monoisotopic (exact) mass is 279 g/mol. The highest BCUT2D eigenvalue weighted by Gasteiger charge is 2.18.